The first-order valence-electron chi connectivity index (χ1n) is 8.75. The molecule has 2 aromatic carbocycles. The number of hydrogen-bond donors (Lipinski definition) is 0. The highest BCUT2D eigenvalue weighted by Gasteiger charge is 2.22. The Morgan fingerprint density at radius 3 is 3.00 bits per heavy atom. The summed E-state index contributed by atoms with van der Waals surface area (Å²) in [6.07, 6.45) is 2.45. The zero-order valence-electron chi connectivity index (χ0n) is 14.4. The van der Waals surface area contributed by atoms with E-state index >= 15 is 0 Å². The number of nitrogens with zero attached hydrogens (tertiary/aromatic N) is 1. The molecule has 0 aliphatic carbocycles. The van der Waals surface area contributed by atoms with Crippen LogP contribution in [0.1, 0.15) is 30.1 Å². The zero-order chi connectivity index (χ0) is 17.2. The maximum Gasteiger partial charge on any atom is 0.134 e. The van der Waals surface area contributed by atoms with Crippen molar-refractivity contribution in [1.82, 2.24) is 4.90 Å². The van der Waals surface area contributed by atoms with Crippen molar-refractivity contribution in [3.05, 3.63) is 64.3 Å². The van der Waals surface area contributed by atoms with Crippen molar-refractivity contribution in [3.63, 3.8) is 0 Å². The molecule has 1 aliphatic rings. The number of methoxy groups -OCH3 is 1. The second-order valence-corrected chi connectivity index (χ2v) is 7.66. The first-order chi connectivity index (χ1) is 12.2. The molecule has 0 amide bonds. The van der Waals surface area contributed by atoms with Crippen LogP contribution in [0.15, 0.2) is 57.4 Å². The average molecular weight is 400 g/mol. The lowest BCUT2D eigenvalue weighted by atomic mass is 9.90. The average Bonchev–Trinajstić information content (AvgIpc) is 3.03. The second-order valence-electron chi connectivity index (χ2n) is 6.75. The summed E-state index contributed by atoms with van der Waals surface area (Å²) >= 11 is 3.52. The van der Waals surface area contributed by atoms with Crippen molar-refractivity contribution in [1.29, 1.82) is 0 Å². The highest BCUT2D eigenvalue weighted by molar-refractivity contribution is 9.10. The molecule has 0 radical (unpaired) electrons. The Balaban J connectivity index is 1.48. The fourth-order valence-corrected chi connectivity index (χ4v) is 4.11. The summed E-state index contributed by atoms with van der Waals surface area (Å²) in [5.74, 6) is 2.54. The Hall–Kier alpha value is -1.78. The minimum Gasteiger partial charge on any atom is -0.497 e. The lowest BCUT2D eigenvalue weighted by Gasteiger charge is -2.32. The Labute approximate surface area is 156 Å². The van der Waals surface area contributed by atoms with Crippen molar-refractivity contribution in [2.75, 3.05) is 20.2 Å². The Morgan fingerprint density at radius 2 is 2.12 bits per heavy atom. The number of furan rings is 1. The van der Waals surface area contributed by atoms with Gasteiger partial charge in [-0.1, -0.05) is 28.1 Å². The number of hydrogen-bond acceptors (Lipinski definition) is 3. The number of halogens is 1. The molecular weight excluding hydrogens is 378 g/mol. The number of fused-ring (bicyclic) bond motifs is 1. The van der Waals surface area contributed by atoms with Gasteiger partial charge in [0, 0.05) is 16.4 Å². The van der Waals surface area contributed by atoms with Gasteiger partial charge < -0.3 is 9.15 Å². The smallest absolute Gasteiger partial charge is 0.134 e. The van der Waals surface area contributed by atoms with E-state index in [1.54, 1.807) is 7.11 Å². The van der Waals surface area contributed by atoms with Crippen molar-refractivity contribution in [2.45, 2.75) is 25.3 Å². The van der Waals surface area contributed by atoms with Crippen LogP contribution in [0.4, 0.5) is 0 Å². The highest BCUT2D eigenvalue weighted by atomic mass is 79.9. The van der Waals surface area contributed by atoms with E-state index in [-0.39, 0.29) is 0 Å². The van der Waals surface area contributed by atoms with Gasteiger partial charge in [0.1, 0.15) is 17.1 Å². The lowest BCUT2D eigenvalue weighted by molar-refractivity contribution is 0.188. The van der Waals surface area contributed by atoms with E-state index in [9.17, 15) is 0 Å². The van der Waals surface area contributed by atoms with Crippen LogP contribution < -0.4 is 4.74 Å². The van der Waals surface area contributed by atoms with Crippen LogP contribution in [0.5, 0.6) is 5.75 Å². The molecular formula is C21H22BrNO2. The molecule has 1 unspecified atom stereocenters. The third-order valence-corrected chi connectivity index (χ3v) is 5.47. The minimum atomic E-state index is 0.558. The van der Waals surface area contributed by atoms with Crippen LogP contribution in [-0.2, 0) is 6.54 Å². The molecule has 1 aliphatic heterocycles. The maximum absolute atomic E-state index is 6.02. The third kappa shape index (κ3) is 3.75. The second kappa shape index (κ2) is 7.22. The summed E-state index contributed by atoms with van der Waals surface area (Å²) in [7, 11) is 1.73. The van der Waals surface area contributed by atoms with Crippen LogP contribution in [0.3, 0.4) is 0 Å². The predicted octanol–water partition coefficient (Wildman–Crippen LogP) is 5.58. The molecule has 1 saturated heterocycles. The van der Waals surface area contributed by atoms with E-state index in [0.717, 1.165) is 46.6 Å². The molecule has 25 heavy (non-hydrogen) atoms. The van der Waals surface area contributed by atoms with Gasteiger partial charge in [0.2, 0.25) is 0 Å². The Kier molecular flexibility index (Phi) is 4.82. The standard InChI is InChI=1S/C21H22BrNO2/c1-24-19-6-2-4-15(11-19)16-5-3-9-23(13-16)14-20-12-17-10-18(22)7-8-21(17)25-20/h2,4,6-8,10-12,16H,3,5,9,13-14H2,1H3. The van der Waals surface area contributed by atoms with Crippen molar-refractivity contribution in [3.8, 4) is 5.75 Å². The molecule has 4 rings (SSSR count). The molecule has 1 aromatic heterocycles. The molecule has 0 N–H and O–H groups in total. The van der Waals surface area contributed by atoms with E-state index in [1.807, 2.05) is 18.2 Å². The summed E-state index contributed by atoms with van der Waals surface area (Å²) in [5.41, 5.74) is 2.33. The van der Waals surface area contributed by atoms with Gasteiger partial charge in [-0.25, -0.2) is 0 Å². The number of piperidine rings is 1. The molecule has 2 heterocycles. The molecule has 0 bridgehead atoms. The van der Waals surface area contributed by atoms with Gasteiger partial charge in [0.15, 0.2) is 0 Å². The molecule has 3 aromatic rings. The van der Waals surface area contributed by atoms with Crippen molar-refractivity contribution in [2.24, 2.45) is 0 Å². The molecule has 1 fully saturated rings. The highest BCUT2D eigenvalue weighted by Crippen LogP contribution is 2.31. The third-order valence-electron chi connectivity index (χ3n) is 4.98. The van der Waals surface area contributed by atoms with E-state index in [1.165, 1.54) is 18.4 Å². The topological polar surface area (TPSA) is 25.6 Å². The monoisotopic (exact) mass is 399 g/mol. The van der Waals surface area contributed by atoms with Gasteiger partial charge in [-0.05, 0) is 67.3 Å². The van der Waals surface area contributed by atoms with E-state index in [2.05, 4.69) is 51.2 Å². The maximum atomic E-state index is 6.02. The van der Waals surface area contributed by atoms with Crippen LogP contribution in [0.2, 0.25) is 0 Å². The summed E-state index contributed by atoms with van der Waals surface area (Å²) in [4.78, 5) is 2.50. The molecule has 4 heteroatoms. The predicted molar refractivity (Wildman–Crippen MR) is 104 cm³/mol. The molecule has 1 atom stereocenters. The number of rotatable bonds is 4. The summed E-state index contributed by atoms with van der Waals surface area (Å²) in [5, 5.41) is 1.16. The van der Waals surface area contributed by atoms with Gasteiger partial charge in [-0.3, -0.25) is 4.90 Å². The van der Waals surface area contributed by atoms with Gasteiger partial charge in [-0.15, -0.1) is 0 Å². The van der Waals surface area contributed by atoms with E-state index < -0.39 is 0 Å². The Bertz CT molecular complexity index is 873. The van der Waals surface area contributed by atoms with Crippen LogP contribution in [-0.4, -0.2) is 25.1 Å². The van der Waals surface area contributed by atoms with Gasteiger partial charge in [0.25, 0.3) is 0 Å². The summed E-state index contributed by atoms with van der Waals surface area (Å²) in [6.45, 7) is 3.06. The normalized spacial score (nSPS) is 18.6. The lowest BCUT2D eigenvalue weighted by Crippen LogP contribution is -2.33. The number of ether oxygens (including phenoxy) is 1. The van der Waals surface area contributed by atoms with Crippen LogP contribution in [0, 0.1) is 0 Å². The Morgan fingerprint density at radius 1 is 1.20 bits per heavy atom. The van der Waals surface area contributed by atoms with Crippen LogP contribution in [0.25, 0.3) is 11.0 Å². The zero-order valence-corrected chi connectivity index (χ0v) is 16.0. The fourth-order valence-electron chi connectivity index (χ4n) is 3.73. The molecule has 0 spiro atoms. The minimum absolute atomic E-state index is 0.558. The van der Waals surface area contributed by atoms with E-state index in [0.29, 0.717) is 5.92 Å². The van der Waals surface area contributed by atoms with Crippen LogP contribution >= 0.6 is 15.9 Å². The summed E-state index contributed by atoms with van der Waals surface area (Å²) in [6, 6.07) is 16.8. The molecule has 0 saturated carbocycles. The van der Waals surface area contributed by atoms with Gasteiger partial charge >= 0.3 is 0 Å². The van der Waals surface area contributed by atoms with Gasteiger partial charge in [0.05, 0.1) is 13.7 Å². The first-order valence-corrected chi connectivity index (χ1v) is 9.55. The van der Waals surface area contributed by atoms with Crippen molar-refractivity contribution < 1.29 is 9.15 Å². The first kappa shape index (κ1) is 16.7. The van der Waals surface area contributed by atoms with E-state index in [4.69, 9.17) is 9.15 Å². The number of benzene rings is 2. The molecule has 3 nitrogen and oxygen atoms in total. The SMILES string of the molecule is COc1cccc(C2CCCN(Cc3cc4cc(Br)ccc4o3)C2)c1. The fraction of sp³-hybridized carbons (Fsp3) is 0.333. The number of likely N-dealkylation sites (tertiary alicyclic amines) is 1. The van der Waals surface area contributed by atoms with Crippen molar-refractivity contribution >= 4 is 26.9 Å². The largest absolute Gasteiger partial charge is 0.497 e. The molecule has 130 valence electrons. The summed E-state index contributed by atoms with van der Waals surface area (Å²) < 4.78 is 12.5. The quantitative estimate of drug-likeness (QED) is 0.572. The van der Waals surface area contributed by atoms with Gasteiger partial charge in [-0.2, -0.15) is 0 Å².